The number of halogens is 1. The Balaban J connectivity index is 2.79. The van der Waals surface area contributed by atoms with Gasteiger partial charge >= 0.3 is 0 Å². The second kappa shape index (κ2) is 6.78. The summed E-state index contributed by atoms with van der Waals surface area (Å²) < 4.78 is 2.06. The molecule has 1 heterocycles. The third kappa shape index (κ3) is 2.96. The fourth-order valence-corrected chi connectivity index (χ4v) is 3.08. The van der Waals surface area contributed by atoms with E-state index in [-0.39, 0.29) is 17.0 Å². The van der Waals surface area contributed by atoms with Crippen molar-refractivity contribution in [1.29, 1.82) is 5.26 Å². The van der Waals surface area contributed by atoms with E-state index in [0.717, 1.165) is 31.2 Å². The normalized spacial score (nSPS) is 11.0. The Labute approximate surface area is 129 Å². The molecule has 2 aromatic rings. The number of hydrogen-bond donors (Lipinski definition) is 0. The minimum Gasteiger partial charge on any atom is -0.343 e. The highest BCUT2D eigenvalue weighted by molar-refractivity contribution is 6.35. The van der Waals surface area contributed by atoms with Crippen LogP contribution in [0.4, 0.5) is 0 Å². The zero-order chi connectivity index (χ0) is 15.4. The van der Waals surface area contributed by atoms with Gasteiger partial charge in [0.25, 0.3) is 0 Å². The smallest absolute Gasteiger partial charge is 0.208 e. The predicted octanol–water partition coefficient (Wildman–Crippen LogP) is 4.67. The van der Waals surface area contributed by atoms with Gasteiger partial charge in [-0.15, -0.1) is 0 Å². The van der Waals surface area contributed by atoms with Crippen LogP contribution in [0.3, 0.4) is 0 Å². The fraction of sp³-hybridized carbons (Fsp3) is 0.412. The summed E-state index contributed by atoms with van der Waals surface area (Å²) in [5.74, 6) is 0. The first-order valence-electron chi connectivity index (χ1n) is 7.37. The van der Waals surface area contributed by atoms with E-state index in [0.29, 0.717) is 10.4 Å². The van der Waals surface area contributed by atoms with Gasteiger partial charge in [0, 0.05) is 12.2 Å². The van der Waals surface area contributed by atoms with Crippen molar-refractivity contribution in [3.8, 4) is 6.07 Å². The van der Waals surface area contributed by atoms with Gasteiger partial charge in [0.2, 0.25) is 5.43 Å². The second-order valence-corrected chi connectivity index (χ2v) is 5.66. The summed E-state index contributed by atoms with van der Waals surface area (Å²) in [6, 6.07) is 7.74. The highest BCUT2D eigenvalue weighted by Crippen LogP contribution is 2.27. The van der Waals surface area contributed by atoms with E-state index >= 15 is 0 Å². The second-order valence-electron chi connectivity index (χ2n) is 5.26. The molecule has 0 atom stereocenters. The number of fused-ring (bicyclic) bond motifs is 1. The standard InChI is InChI=1S/C17H19ClN2O/c1-3-6-13(7-4-2)20-11-12(10-19)17(21)16-14(18)8-5-9-15(16)20/h5,8-9,11,13H,3-4,6-7H2,1-2H3. The van der Waals surface area contributed by atoms with Crippen molar-refractivity contribution < 1.29 is 0 Å². The minimum atomic E-state index is -0.277. The van der Waals surface area contributed by atoms with Crippen molar-refractivity contribution in [3.63, 3.8) is 0 Å². The van der Waals surface area contributed by atoms with Gasteiger partial charge in [-0.3, -0.25) is 4.79 Å². The van der Waals surface area contributed by atoms with E-state index in [4.69, 9.17) is 11.6 Å². The van der Waals surface area contributed by atoms with Crippen LogP contribution in [0.1, 0.15) is 51.1 Å². The van der Waals surface area contributed by atoms with Crippen LogP contribution in [0.2, 0.25) is 5.02 Å². The SMILES string of the molecule is CCCC(CCC)n1cc(C#N)c(=O)c2c(Cl)cccc21. The average molecular weight is 303 g/mol. The number of benzene rings is 1. The van der Waals surface area contributed by atoms with E-state index in [2.05, 4.69) is 18.4 Å². The molecule has 0 spiro atoms. The maximum absolute atomic E-state index is 12.4. The van der Waals surface area contributed by atoms with Crippen molar-refractivity contribution in [2.75, 3.05) is 0 Å². The fourth-order valence-electron chi connectivity index (χ4n) is 2.83. The number of nitrogens with zero attached hydrogens (tertiary/aromatic N) is 2. The Morgan fingerprint density at radius 2 is 1.95 bits per heavy atom. The Morgan fingerprint density at radius 3 is 2.52 bits per heavy atom. The summed E-state index contributed by atoms with van der Waals surface area (Å²) in [6.07, 6.45) is 5.84. The molecule has 0 N–H and O–H groups in total. The molecule has 0 aliphatic carbocycles. The quantitative estimate of drug-likeness (QED) is 0.806. The molecule has 2 rings (SSSR count). The van der Waals surface area contributed by atoms with Gasteiger partial charge in [-0.05, 0) is 25.0 Å². The van der Waals surface area contributed by atoms with Crippen molar-refractivity contribution in [1.82, 2.24) is 4.57 Å². The Bertz CT molecular complexity index is 737. The molecule has 0 bridgehead atoms. The topological polar surface area (TPSA) is 45.8 Å². The van der Waals surface area contributed by atoms with Crippen molar-refractivity contribution in [3.05, 3.63) is 45.2 Å². The van der Waals surface area contributed by atoms with Crippen LogP contribution in [0.5, 0.6) is 0 Å². The maximum Gasteiger partial charge on any atom is 0.208 e. The van der Waals surface area contributed by atoms with Crippen molar-refractivity contribution in [2.45, 2.75) is 45.6 Å². The van der Waals surface area contributed by atoms with Crippen LogP contribution in [-0.4, -0.2) is 4.57 Å². The summed E-state index contributed by atoms with van der Waals surface area (Å²) in [6.45, 7) is 4.29. The summed E-state index contributed by atoms with van der Waals surface area (Å²) in [7, 11) is 0. The van der Waals surface area contributed by atoms with Crippen LogP contribution in [0.25, 0.3) is 10.9 Å². The summed E-state index contributed by atoms with van der Waals surface area (Å²) in [5, 5.41) is 10.1. The van der Waals surface area contributed by atoms with Gasteiger partial charge in [0.05, 0.1) is 15.9 Å². The van der Waals surface area contributed by atoms with Gasteiger partial charge < -0.3 is 4.57 Å². The molecule has 0 saturated carbocycles. The van der Waals surface area contributed by atoms with E-state index in [1.54, 1.807) is 12.3 Å². The molecule has 0 aliphatic heterocycles. The van der Waals surface area contributed by atoms with E-state index in [1.165, 1.54) is 0 Å². The zero-order valence-electron chi connectivity index (χ0n) is 12.4. The molecule has 0 amide bonds. The number of pyridine rings is 1. The Morgan fingerprint density at radius 1 is 1.29 bits per heavy atom. The molecule has 0 saturated heterocycles. The van der Waals surface area contributed by atoms with Gasteiger partial charge in [-0.25, -0.2) is 0 Å². The summed E-state index contributed by atoms with van der Waals surface area (Å²) in [5.41, 5.74) is 0.701. The van der Waals surface area contributed by atoms with Crippen molar-refractivity contribution in [2.24, 2.45) is 0 Å². The monoisotopic (exact) mass is 302 g/mol. The Kier molecular flexibility index (Phi) is 5.03. The average Bonchev–Trinajstić information content (AvgIpc) is 2.47. The summed E-state index contributed by atoms with van der Waals surface area (Å²) >= 11 is 6.20. The maximum atomic E-state index is 12.4. The zero-order valence-corrected chi connectivity index (χ0v) is 13.2. The van der Waals surface area contributed by atoms with Crippen LogP contribution in [0, 0.1) is 11.3 Å². The number of hydrogen-bond acceptors (Lipinski definition) is 2. The first-order chi connectivity index (χ1) is 10.1. The molecule has 1 aromatic carbocycles. The highest BCUT2D eigenvalue weighted by Gasteiger charge is 2.16. The minimum absolute atomic E-state index is 0.160. The lowest BCUT2D eigenvalue weighted by atomic mass is 10.0. The predicted molar refractivity (Wildman–Crippen MR) is 86.8 cm³/mol. The van der Waals surface area contributed by atoms with Gasteiger partial charge in [0.1, 0.15) is 11.6 Å². The van der Waals surface area contributed by atoms with Crippen LogP contribution >= 0.6 is 11.6 Å². The van der Waals surface area contributed by atoms with Crippen LogP contribution < -0.4 is 5.43 Å². The van der Waals surface area contributed by atoms with Gasteiger partial charge in [-0.2, -0.15) is 5.26 Å². The lowest BCUT2D eigenvalue weighted by molar-refractivity contribution is 0.435. The molecule has 0 radical (unpaired) electrons. The first-order valence-corrected chi connectivity index (χ1v) is 7.75. The van der Waals surface area contributed by atoms with Crippen LogP contribution in [-0.2, 0) is 0 Å². The molecule has 1 aromatic heterocycles. The van der Waals surface area contributed by atoms with E-state index < -0.39 is 0 Å². The number of nitriles is 1. The molecular weight excluding hydrogens is 284 g/mol. The molecule has 0 unspecified atom stereocenters. The van der Waals surface area contributed by atoms with Gasteiger partial charge in [0.15, 0.2) is 0 Å². The number of aromatic nitrogens is 1. The van der Waals surface area contributed by atoms with Crippen LogP contribution in [0.15, 0.2) is 29.2 Å². The lowest BCUT2D eigenvalue weighted by Gasteiger charge is -2.22. The Hall–Kier alpha value is -1.79. The lowest BCUT2D eigenvalue weighted by Crippen LogP contribution is -2.17. The highest BCUT2D eigenvalue weighted by atomic mass is 35.5. The summed E-state index contributed by atoms with van der Waals surface area (Å²) in [4.78, 5) is 12.4. The molecule has 0 fully saturated rings. The first kappa shape index (κ1) is 15.6. The van der Waals surface area contributed by atoms with Crippen molar-refractivity contribution >= 4 is 22.5 Å². The molecule has 110 valence electrons. The molecule has 21 heavy (non-hydrogen) atoms. The molecule has 0 aliphatic rings. The molecule has 4 heteroatoms. The molecule has 3 nitrogen and oxygen atoms in total. The largest absolute Gasteiger partial charge is 0.343 e. The third-order valence-corrected chi connectivity index (χ3v) is 4.08. The van der Waals surface area contributed by atoms with Gasteiger partial charge in [-0.1, -0.05) is 44.4 Å². The van der Waals surface area contributed by atoms with E-state index in [1.807, 2.05) is 18.2 Å². The molecular formula is C17H19ClN2O. The third-order valence-electron chi connectivity index (χ3n) is 3.77. The number of rotatable bonds is 5. The van der Waals surface area contributed by atoms with E-state index in [9.17, 15) is 10.1 Å².